The van der Waals surface area contributed by atoms with Crippen molar-refractivity contribution >= 4 is 52.8 Å². The predicted molar refractivity (Wildman–Crippen MR) is 206 cm³/mol. The minimum Gasteiger partial charge on any atom is -0.463 e. The van der Waals surface area contributed by atoms with Crippen LogP contribution in [-0.2, 0) is 65.5 Å². The first-order chi connectivity index (χ1) is 26.9. The number of benzene rings is 2. The predicted octanol–water partition coefficient (Wildman–Crippen LogP) is 4.84. The molecule has 2 aliphatic heterocycles. The van der Waals surface area contributed by atoms with Crippen LogP contribution in [0.2, 0.25) is 0 Å². The average Bonchev–Trinajstić information content (AvgIpc) is 3.18. The van der Waals surface area contributed by atoms with Crippen molar-refractivity contribution in [1.29, 1.82) is 0 Å². The SMILES string of the molecule is CC(=O)OCC1OC(CC(=S)NCc2ccc(C3OC(CSc4ccccn4)CC(c4ccc(CO)cc4)O3)cc2)C(OC(C)=O)C(OC(C)=O)C1OC(C)=O. The normalized spacial score (nSPS) is 24.7. The van der Waals surface area contributed by atoms with E-state index in [1.54, 1.807) is 18.0 Å². The third-order valence-electron chi connectivity index (χ3n) is 8.89. The number of nitrogens with zero attached hydrogens (tertiary/aromatic N) is 1. The maximum Gasteiger partial charge on any atom is 0.303 e. The fraction of sp³-hybridized carbons (Fsp3) is 0.450. The number of rotatable bonds is 15. The van der Waals surface area contributed by atoms with Gasteiger partial charge in [-0.2, -0.15) is 0 Å². The Labute approximate surface area is 334 Å². The topological polar surface area (TPSA) is 178 Å². The lowest BCUT2D eigenvalue weighted by molar-refractivity contribution is -0.251. The molecule has 5 rings (SSSR count). The van der Waals surface area contributed by atoms with E-state index in [1.165, 1.54) is 27.7 Å². The molecule has 3 heterocycles. The van der Waals surface area contributed by atoms with Gasteiger partial charge >= 0.3 is 23.9 Å². The fourth-order valence-corrected chi connectivity index (χ4v) is 7.48. The van der Waals surface area contributed by atoms with Gasteiger partial charge in [0, 0.05) is 64.6 Å². The summed E-state index contributed by atoms with van der Waals surface area (Å²) in [6.07, 6.45) is -4.30. The van der Waals surface area contributed by atoms with Crippen LogP contribution in [0.1, 0.15) is 75.2 Å². The number of nitrogens with one attached hydrogen (secondary N) is 1. The lowest BCUT2D eigenvalue weighted by Gasteiger charge is -2.44. The van der Waals surface area contributed by atoms with E-state index < -0.39 is 60.7 Å². The molecular formula is C40H46N2O12S2. The van der Waals surface area contributed by atoms with E-state index >= 15 is 0 Å². The second-order valence-electron chi connectivity index (χ2n) is 13.3. The van der Waals surface area contributed by atoms with Gasteiger partial charge in [0.1, 0.15) is 18.8 Å². The number of hydrogen-bond donors (Lipinski definition) is 2. The first-order valence-corrected chi connectivity index (χ1v) is 19.5. The molecule has 2 N–H and O–H groups in total. The molecule has 0 bridgehead atoms. The quantitative estimate of drug-likeness (QED) is 0.0921. The number of thioether (sulfide) groups is 1. The minimum absolute atomic E-state index is 0.0226. The molecule has 8 unspecified atom stereocenters. The summed E-state index contributed by atoms with van der Waals surface area (Å²) < 4.78 is 40.9. The van der Waals surface area contributed by atoms with Crippen molar-refractivity contribution in [2.75, 3.05) is 12.4 Å². The van der Waals surface area contributed by atoms with Crippen LogP contribution < -0.4 is 5.32 Å². The zero-order valence-electron chi connectivity index (χ0n) is 31.5. The highest BCUT2D eigenvalue weighted by Crippen LogP contribution is 2.39. The first-order valence-electron chi connectivity index (χ1n) is 18.1. The van der Waals surface area contributed by atoms with E-state index in [9.17, 15) is 24.3 Å². The van der Waals surface area contributed by atoms with Crippen LogP contribution in [0, 0.1) is 0 Å². The summed E-state index contributed by atoms with van der Waals surface area (Å²) >= 11 is 7.30. The number of aliphatic hydroxyl groups excluding tert-OH is 1. The second-order valence-corrected chi connectivity index (χ2v) is 14.8. The van der Waals surface area contributed by atoms with Crippen LogP contribution in [0.4, 0.5) is 0 Å². The maximum absolute atomic E-state index is 12.2. The van der Waals surface area contributed by atoms with Gasteiger partial charge in [-0.15, -0.1) is 11.8 Å². The van der Waals surface area contributed by atoms with Crippen molar-refractivity contribution < 1.29 is 57.4 Å². The van der Waals surface area contributed by atoms with Gasteiger partial charge in [-0.05, 0) is 28.8 Å². The van der Waals surface area contributed by atoms with Crippen LogP contribution in [0.5, 0.6) is 0 Å². The molecule has 300 valence electrons. The van der Waals surface area contributed by atoms with E-state index in [0.29, 0.717) is 23.7 Å². The molecular weight excluding hydrogens is 765 g/mol. The molecule has 1 aromatic heterocycles. The number of ether oxygens (including phenoxy) is 7. The Balaban J connectivity index is 1.26. The van der Waals surface area contributed by atoms with Gasteiger partial charge in [-0.1, -0.05) is 66.8 Å². The van der Waals surface area contributed by atoms with Crippen LogP contribution in [0.25, 0.3) is 0 Å². The standard InChI is InChI=1S/C40H46N2O12S2/c1-23(44)48-21-34-38(50-25(3)46)39(51-26(4)47)37(49-24(2)45)33(53-34)18-35(55)42-19-27-8-14-30(15-9-27)40-52-31(22-56-36-7-5-6-16-41-36)17-32(54-40)29-12-10-28(20-43)11-13-29/h5-16,31-34,37-40,43H,17-22H2,1-4H3,(H,42,55). The first kappa shape index (κ1) is 42.7. The van der Waals surface area contributed by atoms with E-state index in [1.807, 2.05) is 66.7 Å². The van der Waals surface area contributed by atoms with Crippen molar-refractivity contribution in [1.82, 2.24) is 10.3 Å². The number of thiocarbonyl (C=S) groups is 1. The lowest BCUT2D eigenvalue weighted by atomic mass is 9.92. The largest absolute Gasteiger partial charge is 0.463 e. The molecule has 2 aromatic carbocycles. The summed E-state index contributed by atoms with van der Waals surface area (Å²) in [5, 5.41) is 13.6. The number of carbonyl (C=O) groups excluding carboxylic acids is 4. The summed E-state index contributed by atoms with van der Waals surface area (Å²) in [7, 11) is 0. The molecule has 0 aliphatic carbocycles. The summed E-state index contributed by atoms with van der Waals surface area (Å²) in [4.78, 5) is 52.8. The van der Waals surface area contributed by atoms with Crippen molar-refractivity contribution in [3.8, 4) is 0 Å². The van der Waals surface area contributed by atoms with Gasteiger partial charge in [0.05, 0.1) is 28.8 Å². The Morgan fingerprint density at radius 2 is 1.41 bits per heavy atom. The molecule has 8 atom stereocenters. The van der Waals surface area contributed by atoms with Crippen LogP contribution in [0.15, 0.2) is 78.0 Å². The molecule has 56 heavy (non-hydrogen) atoms. The number of aromatic nitrogens is 1. The molecule has 14 nitrogen and oxygen atoms in total. The van der Waals surface area contributed by atoms with E-state index in [0.717, 1.165) is 27.3 Å². The number of hydrogen-bond acceptors (Lipinski definition) is 15. The lowest BCUT2D eigenvalue weighted by Crippen LogP contribution is -2.62. The smallest absolute Gasteiger partial charge is 0.303 e. The monoisotopic (exact) mass is 810 g/mol. The Hall–Kier alpha value is -4.45. The van der Waals surface area contributed by atoms with Crippen LogP contribution in [0.3, 0.4) is 0 Å². The molecule has 0 spiro atoms. The molecule has 0 saturated carbocycles. The molecule has 2 fully saturated rings. The zero-order valence-corrected chi connectivity index (χ0v) is 33.1. The highest BCUT2D eigenvalue weighted by molar-refractivity contribution is 7.99. The third-order valence-corrected chi connectivity index (χ3v) is 10.3. The molecule has 16 heteroatoms. The number of aliphatic hydroxyl groups is 1. The Bertz CT molecular complexity index is 1800. The Morgan fingerprint density at radius 3 is 2.02 bits per heavy atom. The molecule has 0 amide bonds. The third kappa shape index (κ3) is 12.5. The number of carbonyl (C=O) groups is 4. The summed E-state index contributed by atoms with van der Waals surface area (Å²) in [6.45, 7) is 4.71. The van der Waals surface area contributed by atoms with Gasteiger partial charge in [-0.25, -0.2) is 4.98 Å². The molecule has 2 saturated heterocycles. The van der Waals surface area contributed by atoms with Crippen molar-refractivity contribution in [3.63, 3.8) is 0 Å². The zero-order chi connectivity index (χ0) is 40.2. The van der Waals surface area contributed by atoms with Crippen molar-refractivity contribution in [2.45, 2.75) is 108 Å². The van der Waals surface area contributed by atoms with Crippen LogP contribution in [-0.4, -0.2) is 87.9 Å². The molecule has 2 aliphatic rings. The Morgan fingerprint density at radius 1 is 0.786 bits per heavy atom. The maximum atomic E-state index is 12.2. The number of esters is 4. The van der Waals surface area contributed by atoms with Crippen LogP contribution >= 0.6 is 24.0 Å². The van der Waals surface area contributed by atoms with Crippen molar-refractivity contribution in [3.05, 3.63) is 95.2 Å². The van der Waals surface area contributed by atoms with Gasteiger partial charge in [0.15, 0.2) is 24.6 Å². The second kappa shape index (κ2) is 20.6. The van der Waals surface area contributed by atoms with E-state index in [4.69, 9.17) is 45.4 Å². The Kier molecular flexibility index (Phi) is 15.7. The van der Waals surface area contributed by atoms with Gasteiger partial charge in [-0.3, -0.25) is 19.2 Å². The van der Waals surface area contributed by atoms with Gasteiger partial charge in [0.2, 0.25) is 0 Å². The minimum atomic E-state index is -1.27. The van der Waals surface area contributed by atoms with E-state index in [2.05, 4.69) is 10.3 Å². The van der Waals surface area contributed by atoms with Crippen molar-refractivity contribution in [2.24, 2.45) is 0 Å². The summed E-state index contributed by atoms with van der Waals surface area (Å²) in [5.41, 5.74) is 3.54. The summed E-state index contributed by atoms with van der Waals surface area (Å²) in [6, 6.07) is 21.3. The molecule has 0 radical (unpaired) electrons. The highest BCUT2D eigenvalue weighted by Gasteiger charge is 2.52. The molecule has 3 aromatic rings. The number of pyridine rings is 1. The van der Waals surface area contributed by atoms with Gasteiger partial charge in [0.25, 0.3) is 0 Å². The van der Waals surface area contributed by atoms with Gasteiger partial charge < -0.3 is 43.6 Å². The summed E-state index contributed by atoms with van der Waals surface area (Å²) in [5.74, 6) is -2.02. The van der Waals surface area contributed by atoms with E-state index in [-0.39, 0.29) is 31.8 Å². The average molecular weight is 811 g/mol. The fourth-order valence-electron chi connectivity index (χ4n) is 6.36. The highest BCUT2D eigenvalue weighted by atomic mass is 32.2.